The molecular formula is C19H25N3O3S. The number of nitrogens with one attached hydrogen (secondary N) is 2. The van der Waals surface area contributed by atoms with Crippen molar-refractivity contribution in [3.05, 3.63) is 59.2 Å². The molecule has 0 aliphatic heterocycles. The van der Waals surface area contributed by atoms with Gasteiger partial charge in [0.15, 0.2) is 0 Å². The van der Waals surface area contributed by atoms with Crippen LogP contribution in [0.25, 0.3) is 0 Å². The van der Waals surface area contributed by atoms with E-state index in [9.17, 15) is 13.2 Å². The topological polar surface area (TPSA) is 101 Å². The number of anilines is 1. The number of sulfonamides is 1. The van der Waals surface area contributed by atoms with Crippen molar-refractivity contribution in [3.63, 3.8) is 0 Å². The third-order valence-corrected chi connectivity index (χ3v) is 5.51. The van der Waals surface area contributed by atoms with Gasteiger partial charge >= 0.3 is 0 Å². The van der Waals surface area contributed by atoms with Crippen LogP contribution in [0.5, 0.6) is 0 Å². The number of rotatable bonds is 5. The molecule has 0 heterocycles. The molecule has 4 N–H and O–H groups in total. The molecule has 2 aromatic carbocycles. The Morgan fingerprint density at radius 2 is 1.77 bits per heavy atom. The van der Waals surface area contributed by atoms with Crippen LogP contribution in [0, 0.1) is 6.92 Å². The van der Waals surface area contributed by atoms with Crippen molar-refractivity contribution < 1.29 is 13.2 Å². The lowest BCUT2D eigenvalue weighted by Gasteiger charge is -2.21. The molecule has 0 radical (unpaired) electrons. The van der Waals surface area contributed by atoms with Crippen molar-refractivity contribution in [2.45, 2.75) is 44.7 Å². The second kappa shape index (κ2) is 7.47. The predicted octanol–water partition coefficient (Wildman–Crippen LogP) is 2.58. The highest BCUT2D eigenvalue weighted by Crippen LogP contribution is 2.18. The highest BCUT2D eigenvalue weighted by Gasteiger charge is 2.24. The Morgan fingerprint density at radius 3 is 2.42 bits per heavy atom. The Hall–Kier alpha value is -2.38. The molecule has 0 atom stereocenters. The molecule has 2 aromatic rings. The van der Waals surface area contributed by atoms with Gasteiger partial charge in [-0.05, 0) is 57.0 Å². The molecule has 0 fully saturated rings. The number of carbonyl (C=O) groups is 1. The fraction of sp³-hybridized carbons (Fsp3) is 0.316. The first-order chi connectivity index (χ1) is 12.0. The van der Waals surface area contributed by atoms with Crippen LogP contribution >= 0.6 is 0 Å². The van der Waals surface area contributed by atoms with E-state index in [2.05, 4.69) is 10.0 Å². The number of carbonyl (C=O) groups excluding carboxylic acids is 1. The monoisotopic (exact) mass is 375 g/mol. The van der Waals surface area contributed by atoms with Crippen LogP contribution in [0.15, 0.2) is 47.4 Å². The van der Waals surface area contributed by atoms with Gasteiger partial charge in [-0.15, -0.1) is 0 Å². The lowest BCUT2D eigenvalue weighted by atomic mass is 10.1. The zero-order chi connectivity index (χ0) is 19.5. The van der Waals surface area contributed by atoms with Gasteiger partial charge in [-0.1, -0.05) is 24.3 Å². The van der Waals surface area contributed by atoms with E-state index in [0.29, 0.717) is 16.8 Å². The van der Waals surface area contributed by atoms with E-state index in [1.807, 2.05) is 6.92 Å². The minimum absolute atomic E-state index is 0.0916. The number of hydrogen-bond donors (Lipinski definition) is 3. The maximum Gasteiger partial charge on any atom is 0.251 e. The molecule has 0 aliphatic rings. The van der Waals surface area contributed by atoms with E-state index >= 15 is 0 Å². The number of benzene rings is 2. The molecule has 0 saturated heterocycles. The number of amides is 1. The van der Waals surface area contributed by atoms with E-state index in [1.54, 1.807) is 57.2 Å². The first-order valence-corrected chi connectivity index (χ1v) is 9.74. The Labute approximate surface area is 154 Å². The standard InChI is InChI=1S/C19H25N3O3S/c1-13-9-10-15(20)11-16(13)18(23)21-12-14-7-5-6-8-17(14)26(24,25)22-19(2,3)4/h5-11,22H,12,20H2,1-4H3,(H,21,23). The summed E-state index contributed by atoms with van der Waals surface area (Å²) in [5, 5.41) is 2.77. The number of hydrogen-bond acceptors (Lipinski definition) is 4. The molecule has 0 aromatic heterocycles. The van der Waals surface area contributed by atoms with E-state index in [0.717, 1.165) is 5.56 Å². The van der Waals surface area contributed by atoms with Crippen LogP contribution in [0.3, 0.4) is 0 Å². The Kier molecular flexibility index (Phi) is 5.73. The van der Waals surface area contributed by atoms with Crippen molar-refractivity contribution in [1.82, 2.24) is 10.0 Å². The van der Waals surface area contributed by atoms with Crippen LogP contribution in [0.1, 0.15) is 42.3 Å². The third-order valence-electron chi connectivity index (χ3n) is 3.65. The van der Waals surface area contributed by atoms with Gasteiger partial charge in [-0.3, -0.25) is 4.79 Å². The molecule has 0 unspecified atom stereocenters. The van der Waals surface area contributed by atoms with Gasteiger partial charge < -0.3 is 11.1 Å². The third kappa shape index (κ3) is 5.06. The summed E-state index contributed by atoms with van der Waals surface area (Å²) in [6.07, 6.45) is 0. The molecule has 6 nitrogen and oxygen atoms in total. The first kappa shape index (κ1) is 19.9. The van der Waals surface area contributed by atoms with Crippen molar-refractivity contribution >= 4 is 21.6 Å². The van der Waals surface area contributed by atoms with E-state index in [-0.39, 0.29) is 17.3 Å². The Bertz CT molecular complexity index is 916. The van der Waals surface area contributed by atoms with E-state index < -0.39 is 15.6 Å². The molecule has 140 valence electrons. The lowest BCUT2D eigenvalue weighted by Crippen LogP contribution is -2.41. The van der Waals surface area contributed by atoms with Gasteiger partial charge in [0.1, 0.15) is 0 Å². The van der Waals surface area contributed by atoms with Crippen LogP contribution < -0.4 is 15.8 Å². The van der Waals surface area contributed by atoms with Crippen molar-refractivity contribution in [2.24, 2.45) is 0 Å². The molecule has 2 rings (SSSR count). The van der Waals surface area contributed by atoms with Crippen LogP contribution in [0.4, 0.5) is 5.69 Å². The SMILES string of the molecule is Cc1ccc(N)cc1C(=O)NCc1ccccc1S(=O)(=O)NC(C)(C)C. The minimum atomic E-state index is -3.70. The van der Waals surface area contributed by atoms with Gasteiger partial charge in [0, 0.05) is 23.3 Å². The summed E-state index contributed by atoms with van der Waals surface area (Å²) in [6, 6.07) is 11.7. The quantitative estimate of drug-likeness (QED) is 0.699. The zero-order valence-corrected chi connectivity index (χ0v) is 16.3. The highest BCUT2D eigenvalue weighted by atomic mass is 32.2. The largest absolute Gasteiger partial charge is 0.399 e. The number of nitrogen functional groups attached to an aromatic ring is 1. The summed E-state index contributed by atoms with van der Waals surface area (Å²) < 4.78 is 27.9. The van der Waals surface area contributed by atoms with Gasteiger partial charge in [-0.25, -0.2) is 13.1 Å². The summed E-state index contributed by atoms with van der Waals surface area (Å²) >= 11 is 0. The molecule has 0 bridgehead atoms. The summed E-state index contributed by atoms with van der Waals surface area (Å²) in [7, 11) is -3.70. The van der Waals surface area contributed by atoms with Gasteiger partial charge in [0.05, 0.1) is 4.90 Å². The average Bonchev–Trinajstić information content (AvgIpc) is 2.53. The molecule has 7 heteroatoms. The average molecular weight is 375 g/mol. The molecule has 0 spiro atoms. The first-order valence-electron chi connectivity index (χ1n) is 8.26. The van der Waals surface area contributed by atoms with E-state index in [1.165, 1.54) is 6.07 Å². The van der Waals surface area contributed by atoms with Crippen LogP contribution in [-0.2, 0) is 16.6 Å². The van der Waals surface area contributed by atoms with Crippen LogP contribution in [0.2, 0.25) is 0 Å². The maximum atomic E-state index is 12.6. The second-order valence-corrected chi connectivity index (χ2v) is 8.87. The fourth-order valence-corrected chi connectivity index (χ4v) is 4.18. The molecule has 1 amide bonds. The van der Waals surface area contributed by atoms with Crippen LogP contribution in [-0.4, -0.2) is 19.9 Å². The van der Waals surface area contributed by atoms with Gasteiger partial charge in [-0.2, -0.15) is 0 Å². The normalized spacial score (nSPS) is 12.0. The smallest absolute Gasteiger partial charge is 0.251 e. The Morgan fingerprint density at radius 1 is 1.12 bits per heavy atom. The van der Waals surface area contributed by atoms with Gasteiger partial charge in [0.2, 0.25) is 10.0 Å². The second-order valence-electron chi connectivity index (χ2n) is 7.22. The summed E-state index contributed by atoms with van der Waals surface area (Å²) in [5.74, 6) is -0.300. The van der Waals surface area contributed by atoms with E-state index in [4.69, 9.17) is 5.73 Å². The lowest BCUT2D eigenvalue weighted by molar-refractivity contribution is 0.0950. The highest BCUT2D eigenvalue weighted by molar-refractivity contribution is 7.89. The number of nitrogens with two attached hydrogens (primary N) is 1. The maximum absolute atomic E-state index is 12.6. The van der Waals surface area contributed by atoms with Gasteiger partial charge in [0.25, 0.3) is 5.91 Å². The van der Waals surface area contributed by atoms with Crippen molar-refractivity contribution in [1.29, 1.82) is 0 Å². The molecule has 26 heavy (non-hydrogen) atoms. The van der Waals surface area contributed by atoms with Crippen molar-refractivity contribution in [3.8, 4) is 0 Å². The fourth-order valence-electron chi connectivity index (χ4n) is 2.53. The predicted molar refractivity (Wildman–Crippen MR) is 103 cm³/mol. The molecule has 0 aliphatic carbocycles. The Balaban J connectivity index is 2.24. The summed E-state index contributed by atoms with van der Waals surface area (Å²) in [4.78, 5) is 12.6. The van der Waals surface area contributed by atoms with Crippen molar-refractivity contribution in [2.75, 3.05) is 5.73 Å². The molecule has 0 saturated carbocycles. The molecular weight excluding hydrogens is 350 g/mol. The minimum Gasteiger partial charge on any atom is -0.399 e. The summed E-state index contributed by atoms with van der Waals surface area (Å²) in [6.45, 7) is 7.24. The zero-order valence-electron chi connectivity index (χ0n) is 15.5. The number of aryl methyl sites for hydroxylation is 1. The summed E-state index contributed by atoms with van der Waals surface area (Å²) in [5.41, 5.74) is 7.42.